The maximum atomic E-state index is 12.0. The van der Waals surface area contributed by atoms with Crippen LogP contribution in [-0.2, 0) is 0 Å². The summed E-state index contributed by atoms with van der Waals surface area (Å²) in [6.45, 7) is 0. The van der Waals surface area contributed by atoms with Crippen molar-refractivity contribution < 1.29 is 8.78 Å². The predicted molar refractivity (Wildman–Crippen MR) is 49.0 cm³/mol. The molecular formula is C9H10ClF2N. The van der Waals surface area contributed by atoms with Crippen LogP contribution in [0.3, 0.4) is 0 Å². The minimum Gasteiger partial charge on any atom is -0.324 e. The molecular weight excluding hydrogens is 196 g/mol. The molecule has 4 heteroatoms. The highest BCUT2D eigenvalue weighted by Crippen LogP contribution is 2.24. The van der Waals surface area contributed by atoms with Crippen molar-refractivity contribution >= 4 is 11.6 Å². The number of halogens is 3. The van der Waals surface area contributed by atoms with Crippen LogP contribution in [0.25, 0.3) is 0 Å². The van der Waals surface area contributed by atoms with Crippen molar-refractivity contribution in [3.05, 3.63) is 34.9 Å². The van der Waals surface area contributed by atoms with Crippen molar-refractivity contribution in [3.63, 3.8) is 0 Å². The second-order valence-electron chi connectivity index (χ2n) is 2.75. The Bertz CT molecular complexity index is 278. The van der Waals surface area contributed by atoms with Gasteiger partial charge >= 0.3 is 0 Å². The van der Waals surface area contributed by atoms with Gasteiger partial charge in [0.2, 0.25) is 6.43 Å². The fourth-order valence-corrected chi connectivity index (χ4v) is 1.37. The van der Waals surface area contributed by atoms with Crippen molar-refractivity contribution in [1.29, 1.82) is 0 Å². The molecule has 0 fully saturated rings. The molecule has 0 saturated heterocycles. The van der Waals surface area contributed by atoms with E-state index in [1.807, 2.05) is 0 Å². The summed E-state index contributed by atoms with van der Waals surface area (Å²) in [5.74, 6) is 0. The molecule has 72 valence electrons. The molecule has 0 amide bonds. The summed E-state index contributed by atoms with van der Waals surface area (Å²) in [5, 5.41) is 0.440. The molecule has 0 aliphatic rings. The number of nitrogens with two attached hydrogens (primary N) is 1. The van der Waals surface area contributed by atoms with Crippen LogP contribution in [-0.4, -0.2) is 6.43 Å². The van der Waals surface area contributed by atoms with E-state index < -0.39 is 12.5 Å². The average molecular weight is 206 g/mol. The Morgan fingerprint density at radius 2 is 1.92 bits per heavy atom. The standard InChI is InChI=1S/C9H10ClF2N/c10-7-4-2-1-3-6(7)8(13)5-9(11)12/h1-4,8-9H,5,13H2/t8-/m1/s1. The highest BCUT2D eigenvalue weighted by molar-refractivity contribution is 6.31. The molecule has 13 heavy (non-hydrogen) atoms. The van der Waals surface area contributed by atoms with Crippen LogP contribution in [0.2, 0.25) is 5.02 Å². The number of hydrogen-bond acceptors (Lipinski definition) is 1. The van der Waals surface area contributed by atoms with E-state index in [0.29, 0.717) is 10.6 Å². The average Bonchev–Trinajstić information content (AvgIpc) is 2.03. The molecule has 0 aromatic heterocycles. The van der Waals surface area contributed by atoms with Crippen LogP contribution in [0.5, 0.6) is 0 Å². The van der Waals surface area contributed by atoms with Gasteiger partial charge < -0.3 is 5.73 Å². The normalized spacial score (nSPS) is 13.3. The third kappa shape index (κ3) is 2.94. The second kappa shape index (κ2) is 4.53. The zero-order valence-corrected chi connectivity index (χ0v) is 7.64. The molecule has 1 nitrogen and oxygen atoms in total. The molecule has 0 aliphatic heterocycles. The number of alkyl halides is 2. The summed E-state index contributed by atoms with van der Waals surface area (Å²) in [4.78, 5) is 0. The van der Waals surface area contributed by atoms with Crippen LogP contribution >= 0.6 is 11.6 Å². The summed E-state index contributed by atoms with van der Waals surface area (Å²) >= 11 is 5.78. The van der Waals surface area contributed by atoms with Crippen LogP contribution in [0.1, 0.15) is 18.0 Å². The summed E-state index contributed by atoms with van der Waals surface area (Å²) in [5.41, 5.74) is 6.11. The zero-order valence-electron chi connectivity index (χ0n) is 6.88. The number of rotatable bonds is 3. The summed E-state index contributed by atoms with van der Waals surface area (Å²) in [6.07, 6.45) is -2.75. The Morgan fingerprint density at radius 1 is 1.31 bits per heavy atom. The fraction of sp³-hybridized carbons (Fsp3) is 0.333. The van der Waals surface area contributed by atoms with Gasteiger partial charge in [-0.25, -0.2) is 8.78 Å². The lowest BCUT2D eigenvalue weighted by Gasteiger charge is -2.12. The highest BCUT2D eigenvalue weighted by Gasteiger charge is 2.14. The van der Waals surface area contributed by atoms with E-state index in [0.717, 1.165) is 0 Å². The van der Waals surface area contributed by atoms with Crippen molar-refractivity contribution in [2.75, 3.05) is 0 Å². The van der Waals surface area contributed by atoms with Crippen molar-refractivity contribution in [3.8, 4) is 0 Å². The number of benzene rings is 1. The molecule has 0 heterocycles. The largest absolute Gasteiger partial charge is 0.324 e. The first-order valence-electron chi connectivity index (χ1n) is 3.89. The van der Waals surface area contributed by atoms with Gasteiger partial charge in [0.05, 0.1) is 0 Å². The summed E-state index contributed by atoms with van der Waals surface area (Å²) in [7, 11) is 0. The lowest BCUT2D eigenvalue weighted by atomic mass is 10.1. The topological polar surface area (TPSA) is 26.0 Å². The minimum absolute atomic E-state index is 0.357. The first-order valence-corrected chi connectivity index (χ1v) is 4.27. The molecule has 1 aromatic carbocycles. The van der Waals surface area contributed by atoms with Crippen LogP contribution < -0.4 is 5.73 Å². The van der Waals surface area contributed by atoms with Gasteiger partial charge in [-0.15, -0.1) is 0 Å². The van der Waals surface area contributed by atoms with E-state index in [-0.39, 0.29) is 6.42 Å². The Kier molecular flexibility index (Phi) is 3.63. The Balaban J connectivity index is 2.76. The Hall–Kier alpha value is -0.670. The van der Waals surface area contributed by atoms with Crippen LogP contribution in [0.4, 0.5) is 8.78 Å². The molecule has 1 rings (SSSR count). The van der Waals surface area contributed by atoms with Gasteiger partial charge in [-0.2, -0.15) is 0 Å². The van der Waals surface area contributed by atoms with Gasteiger partial charge in [-0.05, 0) is 11.6 Å². The highest BCUT2D eigenvalue weighted by atomic mass is 35.5. The predicted octanol–water partition coefficient (Wildman–Crippen LogP) is 3.00. The Labute approximate surface area is 80.5 Å². The van der Waals surface area contributed by atoms with E-state index in [1.165, 1.54) is 0 Å². The fourth-order valence-electron chi connectivity index (χ4n) is 1.09. The van der Waals surface area contributed by atoms with E-state index in [2.05, 4.69) is 0 Å². The molecule has 0 spiro atoms. The molecule has 0 saturated carbocycles. The molecule has 0 unspecified atom stereocenters. The van der Waals surface area contributed by atoms with Crippen LogP contribution in [0.15, 0.2) is 24.3 Å². The monoisotopic (exact) mass is 205 g/mol. The number of hydrogen-bond donors (Lipinski definition) is 1. The van der Waals surface area contributed by atoms with Gasteiger partial charge in [0, 0.05) is 17.5 Å². The quantitative estimate of drug-likeness (QED) is 0.807. The van der Waals surface area contributed by atoms with E-state index in [4.69, 9.17) is 17.3 Å². The third-order valence-corrected chi connectivity index (χ3v) is 2.08. The Morgan fingerprint density at radius 3 is 2.46 bits per heavy atom. The lowest BCUT2D eigenvalue weighted by molar-refractivity contribution is 0.128. The first-order chi connectivity index (χ1) is 6.11. The van der Waals surface area contributed by atoms with Gasteiger partial charge in [-0.3, -0.25) is 0 Å². The minimum atomic E-state index is -2.40. The summed E-state index contributed by atoms with van der Waals surface area (Å²) < 4.78 is 24.0. The molecule has 0 radical (unpaired) electrons. The van der Waals surface area contributed by atoms with Crippen molar-refractivity contribution in [1.82, 2.24) is 0 Å². The SMILES string of the molecule is N[C@H](CC(F)F)c1ccccc1Cl. The second-order valence-corrected chi connectivity index (χ2v) is 3.16. The van der Waals surface area contributed by atoms with Crippen molar-refractivity contribution in [2.24, 2.45) is 5.73 Å². The molecule has 2 N–H and O–H groups in total. The smallest absolute Gasteiger partial charge is 0.240 e. The van der Waals surface area contributed by atoms with Gasteiger partial charge in [-0.1, -0.05) is 29.8 Å². The van der Waals surface area contributed by atoms with Gasteiger partial charge in [0.15, 0.2) is 0 Å². The molecule has 0 bridgehead atoms. The summed E-state index contributed by atoms with van der Waals surface area (Å²) in [6, 6.07) is 6.08. The van der Waals surface area contributed by atoms with E-state index in [1.54, 1.807) is 24.3 Å². The van der Waals surface area contributed by atoms with Crippen molar-refractivity contribution in [2.45, 2.75) is 18.9 Å². The van der Waals surface area contributed by atoms with E-state index in [9.17, 15) is 8.78 Å². The van der Waals surface area contributed by atoms with Crippen LogP contribution in [0, 0.1) is 0 Å². The molecule has 1 atom stereocenters. The third-order valence-electron chi connectivity index (χ3n) is 1.74. The van der Waals surface area contributed by atoms with Gasteiger partial charge in [0.25, 0.3) is 0 Å². The first kappa shape index (κ1) is 10.4. The maximum absolute atomic E-state index is 12.0. The van der Waals surface area contributed by atoms with E-state index >= 15 is 0 Å². The molecule has 0 aliphatic carbocycles. The maximum Gasteiger partial charge on any atom is 0.240 e. The molecule has 1 aromatic rings. The lowest BCUT2D eigenvalue weighted by Crippen LogP contribution is -2.14. The van der Waals surface area contributed by atoms with Gasteiger partial charge in [0.1, 0.15) is 0 Å². The zero-order chi connectivity index (χ0) is 9.84.